The average Bonchev–Trinajstić information content (AvgIpc) is 2.62. The summed E-state index contributed by atoms with van der Waals surface area (Å²) in [6, 6.07) is 6.23. The van der Waals surface area contributed by atoms with Gasteiger partial charge < -0.3 is 5.32 Å². The number of nitrogens with zero attached hydrogens (tertiary/aromatic N) is 2. The zero-order valence-electron chi connectivity index (χ0n) is 7.70. The van der Waals surface area contributed by atoms with Gasteiger partial charge in [0.05, 0.1) is 5.52 Å². The highest BCUT2D eigenvalue weighted by Gasteiger charge is 1.99. The van der Waals surface area contributed by atoms with Gasteiger partial charge in [-0.15, -0.1) is 0 Å². The van der Waals surface area contributed by atoms with Crippen molar-refractivity contribution in [3.63, 3.8) is 0 Å². The Hall–Kier alpha value is -1.35. The second kappa shape index (κ2) is 3.58. The molecule has 0 saturated heterocycles. The lowest BCUT2D eigenvalue weighted by Crippen LogP contribution is -2.10. The molecule has 0 amide bonds. The standard InChI is InChI=1S/C10H13N3/c1-11-6-4-9-3-2-8-13-10(9)5-7-12-13/h2-3,5,7-8,11H,4,6H2,1H3. The van der Waals surface area contributed by atoms with Gasteiger partial charge in [-0.1, -0.05) is 6.07 Å². The molecule has 0 atom stereocenters. The lowest BCUT2D eigenvalue weighted by atomic mass is 10.1. The van der Waals surface area contributed by atoms with Gasteiger partial charge in [-0.3, -0.25) is 0 Å². The number of aromatic nitrogens is 2. The van der Waals surface area contributed by atoms with E-state index in [4.69, 9.17) is 0 Å². The van der Waals surface area contributed by atoms with Crippen LogP contribution in [0.15, 0.2) is 30.6 Å². The first-order chi connectivity index (χ1) is 6.42. The summed E-state index contributed by atoms with van der Waals surface area (Å²) in [7, 11) is 1.97. The molecule has 2 aromatic rings. The molecule has 13 heavy (non-hydrogen) atoms. The fraction of sp³-hybridized carbons (Fsp3) is 0.300. The third-order valence-corrected chi connectivity index (χ3v) is 2.17. The van der Waals surface area contributed by atoms with Crippen LogP contribution in [-0.2, 0) is 6.42 Å². The number of nitrogens with one attached hydrogen (secondary N) is 1. The van der Waals surface area contributed by atoms with Crippen molar-refractivity contribution >= 4 is 5.52 Å². The molecule has 1 N–H and O–H groups in total. The molecule has 0 aromatic carbocycles. The minimum atomic E-state index is 1.00. The topological polar surface area (TPSA) is 29.3 Å². The van der Waals surface area contributed by atoms with Crippen molar-refractivity contribution in [3.05, 3.63) is 36.2 Å². The van der Waals surface area contributed by atoms with Gasteiger partial charge in [0.25, 0.3) is 0 Å². The fourth-order valence-corrected chi connectivity index (χ4v) is 1.48. The normalized spacial score (nSPS) is 10.8. The minimum Gasteiger partial charge on any atom is -0.319 e. The van der Waals surface area contributed by atoms with Gasteiger partial charge in [0, 0.05) is 12.4 Å². The zero-order chi connectivity index (χ0) is 9.10. The van der Waals surface area contributed by atoms with Crippen molar-refractivity contribution < 1.29 is 0 Å². The van der Waals surface area contributed by atoms with Crippen LogP contribution in [0.3, 0.4) is 0 Å². The fourth-order valence-electron chi connectivity index (χ4n) is 1.48. The van der Waals surface area contributed by atoms with Crippen LogP contribution in [0.2, 0.25) is 0 Å². The summed E-state index contributed by atoms with van der Waals surface area (Å²) in [5, 5.41) is 7.33. The Morgan fingerprint density at radius 3 is 3.23 bits per heavy atom. The van der Waals surface area contributed by atoms with Gasteiger partial charge in [-0.25, -0.2) is 4.52 Å². The molecule has 0 aliphatic carbocycles. The average molecular weight is 175 g/mol. The van der Waals surface area contributed by atoms with Gasteiger partial charge in [0.1, 0.15) is 0 Å². The molecule has 68 valence electrons. The first kappa shape index (κ1) is 8.26. The largest absolute Gasteiger partial charge is 0.319 e. The Kier molecular flexibility index (Phi) is 2.27. The van der Waals surface area contributed by atoms with Crippen LogP contribution in [-0.4, -0.2) is 23.2 Å². The second-order valence-electron chi connectivity index (χ2n) is 3.05. The highest BCUT2D eigenvalue weighted by atomic mass is 15.2. The Morgan fingerprint density at radius 1 is 1.46 bits per heavy atom. The summed E-state index contributed by atoms with van der Waals surface area (Å²) in [6.07, 6.45) is 4.85. The maximum Gasteiger partial charge on any atom is 0.0693 e. The van der Waals surface area contributed by atoms with Crippen LogP contribution in [0, 0.1) is 0 Å². The quantitative estimate of drug-likeness (QED) is 0.756. The summed E-state index contributed by atoms with van der Waals surface area (Å²) in [5.41, 5.74) is 2.55. The van der Waals surface area contributed by atoms with Gasteiger partial charge in [0.2, 0.25) is 0 Å². The molecule has 0 spiro atoms. The van der Waals surface area contributed by atoms with E-state index in [-0.39, 0.29) is 0 Å². The van der Waals surface area contributed by atoms with Crippen LogP contribution in [0.5, 0.6) is 0 Å². The molecule has 2 rings (SSSR count). The van der Waals surface area contributed by atoms with E-state index < -0.39 is 0 Å². The Bertz CT molecular complexity index is 392. The van der Waals surface area contributed by atoms with Crippen LogP contribution >= 0.6 is 0 Å². The molecule has 0 aliphatic rings. The Balaban J connectivity index is 2.37. The minimum absolute atomic E-state index is 1.00. The number of pyridine rings is 1. The predicted octanol–water partition coefficient (Wildman–Crippen LogP) is 1.10. The lowest BCUT2D eigenvalue weighted by molar-refractivity contribution is 0.790. The molecular weight excluding hydrogens is 162 g/mol. The van der Waals surface area contributed by atoms with Crippen molar-refractivity contribution in [2.75, 3.05) is 13.6 Å². The molecule has 0 radical (unpaired) electrons. The summed E-state index contributed by atoms with van der Waals surface area (Å²) >= 11 is 0. The predicted molar refractivity (Wildman–Crippen MR) is 52.8 cm³/mol. The maximum absolute atomic E-state index is 4.18. The molecule has 2 heterocycles. The lowest BCUT2D eigenvalue weighted by Gasteiger charge is -2.02. The molecule has 0 saturated carbocycles. The van der Waals surface area contributed by atoms with Gasteiger partial charge in [-0.05, 0) is 37.7 Å². The number of hydrogen-bond donors (Lipinski definition) is 1. The van der Waals surface area contributed by atoms with E-state index in [1.54, 1.807) is 0 Å². The molecule has 0 fully saturated rings. The third kappa shape index (κ3) is 1.55. The molecule has 3 nitrogen and oxygen atoms in total. The highest BCUT2D eigenvalue weighted by Crippen LogP contribution is 2.09. The van der Waals surface area contributed by atoms with E-state index >= 15 is 0 Å². The summed E-state index contributed by atoms with van der Waals surface area (Å²) in [4.78, 5) is 0. The Morgan fingerprint density at radius 2 is 2.38 bits per heavy atom. The smallest absolute Gasteiger partial charge is 0.0693 e. The SMILES string of the molecule is CNCCc1cccn2nccc12. The number of hydrogen-bond acceptors (Lipinski definition) is 2. The van der Waals surface area contributed by atoms with Crippen molar-refractivity contribution in [3.8, 4) is 0 Å². The first-order valence-corrected chi connectivity index (χ1v) is 4.47. The Labute approximate surface area is 77.4 Å². The van der Waals surface area contributed by atoms with Crippen molar-refractivity contribution in [1.82, 2.24) is 14.9 Å². The van der Waals surface area contributed by atoms with E-state index in [1.807, 2.05) is 36.1 Å². The molecule has 2 aromatic heterocycles. The van der Waals surface area contributed by atoms with E-state index in [2.05, 4.69) is 16.5 Å². The molecule has 0 bridgehead atoms. The summed E-state index contributed by atoms with van der Waals surface area (Å²) in [6.45, 7) is 1.00. The van der Waals surface area contributed by atoms with Gasteiger partial charge >= 0.3 is 0 Å². The van der Waals surface area contributed by atoms with Crippen LogP contribution < -0.4 is 5.32 Å². The third-order valence-electron chi connectivity index (χ3n) is 2.17. The maximum atomic E-state index is 4.18. The molecule has 0 aliphatic heterocycles. The highest BCUT2D eigenvalue weighted by molar-refractivity contribution is 5.53. The second-order valence-corrected chi connectivity index (χ2v) is 3.05. The molecule has 3 heteroatoms. The monoisotopic (exact) mass is 175 g/mol. The van der Waals surface area contributed by atoms with Crippen LogP contribution in [0.25, 0.3) is 5.52 Å². The van der Waals surface area contributed by atoms with Crippen molar-refractivity contribution in [2.45, 2.75) is 6.42 Å². The van der Waals surface area contributed by atoms with Crippen molar-refractivity contribution in [1.29, 1.82) is 0 Å². The number of fused-ring (bicyclic) bond motifs is 1. The molecule has 0 unspecified atom stereocenters. The van der Waals surface area contributed by atoms with E-state index in [9.17, 15) is 0 Å². The zero-order valence-corrected chi connectivity index (χ0v) is 7.70. The number of rotatable bonds is 3. The van der Waals surface area contributed by atoms with E-state index in [1.165, 1.54) is 11.1 Å². The van der Waals surface area contributed by atoms with Crippen LogP contribution in [0.4, 0.5) is 0 Å². The number of likely N-dealkylation sites (N-methyl/N-ethyl adjacent to an activating group) is 1. The van der Waals surface area contributed by atoms with Crippen LogP contribution in [0.1, 0.15) is 5.56 Å². The molecular formula is C10H13N3. The van der Waals surface area contributed by atoms with E-state index in [0.29, 0.717) is 0 Å². The van der Waals surface area contributed by atoms with Crippen molar-refractivity contribution in [2.24, 2.45) is 0 Å². The summed E-state index contributed by atoms with van der Waals surface area (Å²) < 4.78 is 1.91. The van der Waals surface area contributed by atoms with Gasteiger partial charge in [-0.2, -0.15) is 5.10 Å². The summed E-state index contributed by atoms with van der Waals surface area (Å²) in [5.74, 6) is 0. The van der Waals surface area contributed by atoms with E-state index in [0.717, 1.165) is 13.0 Å². The first-order valence-electron chi connectivity index (χ1n) is 4.47. The van der Waals surface area contributed by atoms with Gasteiger partial charge in [0.15, 0.2) is 0 Å².